The van der Waals surface area contributed by atoms with Crippen LogP contribution in [0, 0.1) is 5.92 Å². The van der Waals surface area contributed by atoms with E-state index in [1.165, 1.54) is 12.8 Å². The predicted octanol–water partition coefficient (Wildman–Crippen LogP) is 2.97. The lowest BCUT2D eigenvalue weighted by Gasteiger charge is -2.33. The average Bonchev–Trinajstić information content (AvgIpc) is 2.46. The normalized spacial score (nSPS) is 21.9. The van der Waals surface area contributed by atoms with Crippen molar-refractivity contribution in [3.05, 3.63) is 34.3 Å². The summed E-state index contributed by atoms with van der Waals surface area (Å²) in [5.41, 5.74) is 0.969. The molecular weight excluding hydrogens is 318 g/mol. The first-order valence-electron chi connectivity index (χ1n) is 7.46. The zero-order valence-corrected chi connectivity index (χ0v) is 13.4. The number of aliphatic hydroxyl groups is 2. The number of nitrogens with zero attached hydrogens (tertiary/aromatic N) is 1. The van der Waals surface area contributed by atoms with Gasteiger partial charge in [-0.2, -0.15) is 0 Å². The molecule has 1 saturated heterocycles. The van der Waals surface area contributed by atoms with Gasteiger partial charge in [0.2, 0.25) is 0 Å². The van der Waals surface area contributed by atoms with E-state index in [4.69, 9.17) is 5.11 Å². The minimum absolute atomic E-state index is 0.290. The summed E-state index contributed by atoms with van der Waals surface area (Å²) < 4.78 is 0.976. The second kappa shape index (κ2) is 8.13. The third kappa shape index (κ3) is 4.55. The van der Waals surface area contributed by atoms with E-state index in [1.807, 2.05) is 24.3 Å². The zero-order valence-electron chi connectivity index (χ0n) is 11.8. The van der Waals surface area contributed by atoms with Crippen LogP contribution in [0.3, 0.4) is 0 Å². The summed E-state index contributed by atoms with van der Waals surface area (Å²) in [6.45, 7) is 3.39. The van der Waals surface area contributed by atoms with Crippen LogP contribution in [0.4, 0.5) is 0 Å². The highest BCUT2D eigenvalue weighted by Crippen LogP contribution is 2.26. The molecule has 1 fully saturated rings. The Kier molecular flexibility index (Phi) is 6.49. The van der Waals surface area contributed by atoms with Crippen molar-refractivity contribution in [2.45, 2.75) is 31.8 Å². The monoisotopic (exact) mass is 341 g/mol. The fourth-order valence-electron chi connectivity index (χ4n) is 2.98. The van der Waals surface area contributed by atoms with Crippen LogP contribution in [-0.2, 0) is 0 Å². The molecule has 1 aromatic rings. The predicted molar refractivity (Wildman–Crippen MR) is 84.6 cm³/mol. The molecular formula is C16H24BrNO2. The van der Waals surface area contributed by atoms with Gasteiger partial charge in [0.1, 0.15) is 0 Å². The number of hydrogen-bond acceptors (Lipinski definition) is 3. The van der Waals surface area contributed by atoms with Crippen LogP contribution < -0.4 is 0 Å². The Morgan fingerprint density at radius 3 is 2.90 bits per heavy atom. The first kappa shape index (κ1) is 16.0. The molecule has 1 aliphatic rings. The second-order valence-corrected chi connectivity index (χ2v) is 6.50. The van der Waals surface area contributed by atoms with E-state index in [0.29, 0.717) is 5.92 Å². The van der Waals surface area contributed by atoms with E-state index in [9.17, 15) is 5.11 Å². The molecule has 2 N–H and O–H groups in total. The van der Waals surface area contributed by atoms with Crippen molar-refractivity contribution < 1.29 is 10.2 Å². The molecule has 2 unspecified atom stereocenters. The van der Waals surface area contributed by atoms with E-state index in [-0.39, 0.29) is 6.61 Å². The fourth-order valence-corrected chi connectivity index (χ4v) is 3.53. The smallest absolute Gasteiger partial charge is 0.0813 e. The molecule has 0 bridgehead atoms. The molecule has 2 rings (SSSR count). The summed E-state index contributed by atoms with van der Waals surface area (Å²) in [4.78, 5) is 2.42. The highest BCUT2D eigenvalue weighted by atomic mass is 79.9. The fraction of sp³-hybridized carbons (Fsp3) is 0.625. The highest BCUT2D eigenvalue weighted by molar-refractivity contribution is 9.10. The Hall–Kier alpha value is -0.420. The number of halogens is 1. The van der Waals surface area contributed by atoms with Crippen LogP contribution in [0.1, 0.15) is 37.4 Å². The first-order valence-corrected chi connectivity index (χ1v) is 8.25. The first-order chi connectivity index (χ1) is 9.70. The van der Waals surface area contributed by atoms with Crippen LogP contribution >= 0.6 is 15.9 Å². The van der Waals surface area contributed by atoms with E-state index in [0.717, 1.165) is 42.5 Å². The van der Waals surface area contributed by atoms with Crippen molar-refractivity contribution in [3.63, 3.8) is 0 Å². The maximum atomic E-state index is 10.3. The van der Waals surface area contributed by atoms with Crippen molar-refractivity contribution in [2.24, 2.45) is 5.92 Å². The molecule has 1 aliphatic heterocycles. The van der Waals surface area contributed by atoms with Crippen LogP contribution in [0.25, 0.3) is 0 Å². The number of aliphatic hydroxyl groups excluding tert-OH is 2. The van der Waals surface area contributed by atoms with Gasteiger partial charge in [-0.3, -0.25) is 0 Å². The largest absolute Gasteiger partial charge is 0.396 e. The highest BCUT2D eigenvalue weighted by Gasteiger charge is 2.20. The molecule has 20 heavy (non-hydrogen) atoms. The van der Waals surface area contributed by atoms with Crippen molar-refractivity contribution in [1.82, 2.24) is 4.90 Å². The van der Waals surface area contributed by atoms with Crippen LogP contribution in [0.5, 0.6) is 0 Å². The maximum Gasteiger partial charge on any atom is 0.0813 e. The number of rotatable bonds is 6. The molecule has 1 heterocycles. The van der Waals surface area contributed by atoms with Gasteiger partial charge < -0.3 is 15.1 Å². The molecule has 0 spiro atoms. The molecule has 3 nitrogen and oxygen atoms in total. The number of likely N-dealkylation sites (tertiary alicyclic amines) is 1. The summed E-state index contributed by atoms with van der Waals surface area (Å²) in [5, 5.41) is 19.3. The van der Waals surface area contributed by atoms with E-state index < -0.39 is 6.10 Å². The molecule has 1 aromatic carbocycles. The Labute approximate surface area is 129 Å². The van der Waals surface area contributed by atoms with Gasteiger partial charge in [-0.25, -0.2) is 0 Å². The van der Waals surface area contributed by atoms with Crippen LogP contribution in [0.2, 0.25) is 0 Å². The molecule has 0 aromatic heterocycles. The molecule has 4 heteroatoms. The van der Waals surface area contributed by atoms with Gasteiger partial charge in [0.05, 0.1) is 6.10 Å². The summed E-state index contributed by atoms with van der Waals surface area (Å²) in [6, 6.07) is 7.86. The molecule has 0 saturated carbocycles. The van der Waals surface area contributed by atoms with Gasteiger partial charge in [0, 0.05) is 24.2 Å². The number of hydrogen-bond donors (Lipinski definition) is 2. The standard InChI is InChI=1S/C16H24BrNO2/c17-15-6-2-1-5-14(15)16(20)7-10-18-9-3-4-13(12-18)8-11-19/h1-2,5-6,13,16,19-20H,3-4,7-12H2. The van der Waals surface area contributed by atoms with Crippen molar-refractivity contribution in [2.75, 3.05) is 26.2 Å². The van der Waals surface area contributed by atoms with Crippen LogP contribution in [0.15, 0.2) is 28.7 Å². The van der Waals surface area contributed by atoms with Gasteiger partial charge >= 0.3 is 0 Å². The summed E-state index contributed by atoms with van der Waals surface area (Å²) in [6.07, 6.45) is 3.68. The average molecular weight is 342 g/mol. The minimum atomic E-state index is -0.413. The van der Waals surface area contributed by atoms with Gasteiger partial charge in [-0.1, -0.05) is 34.1 Å². The number of piperidine rings is 1. The van der Waals surface area contributed by atoms with E-state index in [1.54, 1.807) is 0 Å². The van der Waals surface area contributed by atoms with E-state index in [2.05, 4.69) is 20.8 Å². The maximum absolute atomic E-state index is 10.3. The van der Waals surface area contributed by atoms with Crippen molar-refractivity contribution >= 4 is 15.9 Å². The third-order valence-electron chi connectivity index (χ3n) is 4.12. The Balaban J connectivity index is 1.81. The lowest BCUT2D eigenvalue weighted by atomic mass is 9.95. The van der Waals surface area contributed by atoms with Crippen molar-refractivity contribution in [1.29, 1.82) is 0 Å². The molecule has 0 radical (unpaired) electrons. The summed E-state index contributed by atoms with van der Waals surface area (Å²) in [5.74, 6) is 0.620. The number of benzene rings is 1. The lowest BCUT2D eigenvalue weighted by Crippen LogP contribution is -2.36. The SMILES string of the molecule is OCCC1CCCN(CCC(O)c2ccccc2Br)C1. The Bertz CT molecular complexity index is 411. The topological polar surface area (TPSA) is 43.7 Å². The molecule has 0 aliphatic carbocycles. The van der Waals surface area contributed by atoms with Crippen molar-refractivity contribution in [3.8, 4) is 0 Å². The lowest BCUT2D eigenvalue weighted by molar-refractivity contribution is 0.110. The summed E-state index contributed by atoms with van der Waals surface area (Å²) in [7, 11) is 0. The van der Waals surface area contributed by atoms with E-state index >= 15 is 0 Å². The van der Waals surface area contributed by atoms with Gasteiger partial charge in [-0.15, -0.1) is 0 Å². The summed E-state index contributed by atoms with van der Waals surface area (Å²) >= 11 is 3.49. The Morgan fingerprint density at radius 1 is 1.35 bits per heavy atom. The minimum Gasteiger partial charge on any atom is -0.396 e. The van der Waals surface area contributed by atoms with Gasteiger partial charge in [0.15, 0.2) is 0 Å². The third-order valence-corrected chi connectivity index (χ3v) is 4.85. The molecule has 2 atom stereocenters. The van der Waals surface area contributed by atoms with Gasteiger partial charge in [-0.05, 0) is 49.8 Å². The molecule has 0 amide bonds. The molecule has 112 valence electrons. The Morgan fingerprint density at radius 2 is 2.15 bits per heavy atom. The van der Waals surface area contributed by atoms with Crippen LogP contribution in [-0.4, -0.2) is 41.4 Å². The van der Waals surface area contributed by atoms with Gasteiger partial charge in [0.25, 0.3) is 0 Å². The second-order valence-electron chi connectivity index (χ2n) is 5.65. The zero-order chi connectivity index (χ0) is 14.4. The quantitative estimate of drug-likeness (QED) is 0.835.